The van der Waals surface area contributed by atoms with Crippen LogP contribution in [0.1, 0.15) is 28.8 Å². The molecule has 1 N–H and O–H groups in total. The fraction of sp³-hybridized carbons (Fsp3) is 0.167. The summed E-state index contributed by atoms with van der Waals surface area (Å²) in [4.78, 5) is 41.2. The molecule has 1 fully saturated rings. The van der Waals surface area contributed by atoms with Crippen LogP contribution in [0.2, 0.25) is 0 Å². The van der Waals surface area contributed by atoms with Crippen molar-refractivity contribution in [2.45, 2.75) is 19.4 Å². The third-order valence-corrected chi connectivity index (χ3v) is 4.24. The molecule has 1 aliphatic rings. The van der Waals surface area contributed by atoms with Gasteiger partial charge in [-0.2, -0.15) is 9.61 Å². The van der Waals surface area contributed by atoms with Crippen molar-refractivity contribution in [3.8, 4) is 0 Å². The summed E-state index contributed by atoms with van der Waals surface area (Å²) in [6.45, 7) is 0.234. The van der Waals surface area contributed by atoms with E-state index in [1.165, 1.54) is 9.42 Å². The summed E-state index contributed by atoms with van der Waals surface area (Å²) in [5.41, 5.74) is 1.89. The number of rotatable bonds is 4. The lowest BCUT2D eigenvalue weighted by atomic mass is 10.1. The van der Waals surface area contributed by atoms with Gasteiger partial charge in [-0.15, -0.1) is 0 Å². The lowest BCUT2D eigenvalue weighted by Crippen LogP contribution is -2.28. The standard InChI is InChI=1S/C18H15N5O3/c24-16-5-6-17(25)22(16)11-12-1-3-13(4-2-12)18(26)21-15-7-9-19-14-8-10-20-23(14)15/h1-4,7-10H,5-6,11H2,(H,21,26). The highest BCUT2D eigenvalue weighted by Crippen LogP contribution is 2.17. The van der Waals surface area contributed by atoms with Crippen molar-refractivity contribution >= 4 is 29.2 Å². The highest BCUT2D eigenvalue weighted by molar-refractivity contribution is 6.04. The van der Waals surface area contributed by atoms with Gasteiger partial charge in [-0.05, 0) is 23.8 Å². The molecule has 26 heavy (non-hydrogen) atoms. The van der Waals surface area contributed by atoms with E-state index in [1.807, 2.05) is 0 Å². The lowest BCUT2D eigenvalue weighted by molar-refractivity contribution is -0.139. The largest absolute Gasteiger partial charge is 0.306 e. The van der Waals surface area contributed by atoms with Gasteiger partial charge >= 0.3 is 0 Å². The third kappa shape index (κ3) is 2.92. The second-order valence-electron chi connectivity index (χ2n) is 5.96. The molecule has 1 aromatic carbocycles. The Bertz CT molecular complexity index is 993. The number of hydrogen-bond donors (Lipinski definition) is 1. The molecular weight excluding hydrogens is 334 g/mol. The van der Waals surface area contributed by atoms with Gasteiger partial charge in [-0.3, -0.25) is 19.3 Å². The molecule has 1 saturated heterocycles. The van der Waals surface area contributed by atoms with E-state index in [2.05, 4.69) is 15.4 Å². The molecule has 0 radical (unpaired) electrons. The Labute approximate surface area is 148 Å². The lowest BCUT2D eigenvalue weighted by Gasteiger charge is -2.14. The highest BCUT2D eigenvalue weighted by Gasteiger charge is 2.28. The first kappa shape index (κ1) is 15.9. The van der Waals surface area contributed by atoms with Crippen LogP contribution < -0.4 is 5.32 Å². The van der Waals surface area contributed by atoms with Gasteiger partial charge in [0.2, 0.25) is 11.8 Å². The average molecular weight is 349 g/mol. The van der Waals surface area contributed by atoms with Crippen LogP contribution in [0.25, 0.3) is 5.65 Å². The molecule has 0 unspecified atom stereocenters. The number of carbonyl (C=O) groups is 3. The molecule has 0 atom stereocenters. The third-order valence-electron chi connectivity index (χ3n) is 4.24. The van der Waals surface area contributed by atoms with Crippen molar-refractivity contribution in [2.24, 2.45) is 0 Å². The monoisotopic (exact) mass is 349 g/mol. The quantitative estimate of drug-likeness (QED) is 0.722. The molecule has 4 rings (SSSR count). The van der Waals surface area contributed by atoms with Gasteiger partial charge < -0.3 is 5.32 Å². The fourth-order valence-corrected chi connectivity index (χ4v) is 2.86. The van der Waals surface area contributed by atoms with Crippen LogP contribution in [0.3, 0.4) is 0 Å². The summed E-state index contributed by atoms with van der Waals surface area (Å²) in [5.74, 6) is -0.0781. The van der Waals surface area contributed by atoms with Crippen LogP contribution >= 0.6 is 0 Å². The summed E-state index contributed by atoms with van der Waals surface area (Å²) >= 11 is 0. The van der Waals surface area contributed by atoms with Crippen LogP contribution in [-0.2, 0) is 16.1 Å². The molecule has 3 heterocycles. The van der Waals surface area contributed by atoms with Gasteiger partial charge in [0.05, 0.1) is 12.7 Å². The van der Waals surface area contributed by atoms with E-state index in [9.17, 15) is 14.4 Å². The van der Waals surface area contributed by atoms with E-state index in [1.54, 1.807) is 48.8 Å². The maximum atomic E-state index is 12.4. The maximum absolute atomic E-state index is 12.4. The Morgan fingerprint density at radius 1 is 1.00 bits per heavy atom. The first-order valence-corrected chi connectivity index (χ1v) is 8.14. The molecule has 3 amide bonds. The Kier molecular flexibility index (Phi) is 3.92. The molecule has 2 aromatic heterocycles. The van der Waals surface area contributed by atoms with E-state index >= 15 is 0 Å². The zero-order chi connectivity index (χ0) is 18.1. The first-order chi connectivity index (χ1) is 12.6. The maximum Gasteiger partial charge on any atom is 0.256 e. The molecule has 3 aromatic rings. The number of imide groups is 1. The zero-order valence-corrected chi connectivity index (χ0v) is 13.8. The minimum absolute atomic E-state index is 0.155. The zero-order valence-electron chi connectivity index (χ0n) is 13.8. The van der Waals surface area contributed by atoms with Gasteiger partial charge in [-0.25, -0.2) is 4.98 Å². The van der Waals surface area contributed by atoms with E-state index < -0.39 is 0 Å². The van der Waals surface area contributed by atoms with Crippen molar-refractivity contribution in [1.29, 1.82) is 0 Å². The second-order valence-corrected chi connectivity index (χ2v) is 5.96. The van der Waals surface area contributed by atoms with Crippen molar-refractivity contribution < 1.29 is 14.4 Å². The molecule has 0 spiro atoms. The first-order valence-electron chi connectivity index (χ1n) is 8.14. The van der Waals surface area contributed by atoms with Crippen molar-refractivity contribution in [3.05, 3.63) is 59.9 Å². The van der Waals surface area contributed by atoms with E-state index in [4.69, 9.17) is 0 Å². The SMILES string of the molecule is O=C(Nc1ccnc2ccnn12)c1ccc(CN2C(=O)CCC2=O)cc1. The van der Waals surface area contributed by atoms with Crippen molar-refractivity contribution in [2.75, 3.05) is 5.32 Å². The minimum atomic E-state index is -0.284. The normalized spacial score (nSPS) is 14.2. The topological polar surface area (TPSA) is 96.7 Å². The predicted molar refractivity (Wildman–Crippen MR) is 92.2 cm³/mol. The van der Waals surface area contributed by atoms with E-state index in [0.29, 0.717) is 17.0 Å². The van der Waals surface area contributed by atoms with Gasteiger partial charge in [-0.1, -0.05) is 12.1 Å². The van der Waals surface area contributed by atoms with Gasteiger partial charge in [0.1, 0.15) is 5.82 Å². The Hall–Kier alpha value is -3.55. The average Bonchev–Trinajstić information content (AvgIpc) is 3.25. The number of aromatic nitrogens is 3. The summed E-state index contributed by atoms with van der Waals surface area (Å²) in [7, 11) is 0. The molecule has 0 bridgehead atoms. The smallest absolute Gasteiger partial charge is 0.256 e. The Morgan fingerprint density at radius 3 is 2.46 bits per heavy atom. The van der Waals surface area contributed by atoms with Crippen LogP contribution in [0.15, 0.2) is 48.8 Å². The van der Waals surface area contributed by atoms with Crippen LogP contribution in [0.4, 0.5) is 5.82 Å². The minimum Gasteiger partial charge on any atom is -0.306 e. The molecule has 8 nitrogen and oxygen atoms in total. The molecule has 0 aliphatic carbocycles. The fourth-order valence-electron chi connectivity index (χ4n) is 2.86. The molecular formula is C18H15N5O3. The molecule has 8 heteroatoms. The summed E-state index contributed by atoms with van der Waals surface area (Å²) in [5, 5.41) is 6.92. The number of benzene rings is 1. The van der Waals surface area contributed by atoms with E-state index in [-0.39, 0.29) is 37.1 Å². The highest BCUT2D eigenvalue weighted by atomic mass is 16.2. The van der Waals surface area contributed by atoms with E-state index in [0.717, 1.165) is 5.56 Å². The van der Waals surface area contributed by atoms with Crippen molar-refractivity contribution in [3.63, 3.8) is 0 Å². The molecule has 0 saturated carbocycles. The van der Waals surface area contributed by atoms with Crippen LogP contribution in [0.5, 0.6) is 0 Å². The molecule has 130 valence electrons. The Balaban J connectivity index is 1.48. The summed E-state index contributed by atoms with van der Waals surface area (Å²) < 4.78 is 1.54. The summed E-state index contributed by atoms with van der Waals surface area (Å²) in [6.07, 6.45) is 3.74. The second kappa shape index (κ2) is 6.40. The Morgan fingerprint density at radius 2 is 1.73 bits per heavy atom. The molecule has 1 aliphatic heterocycles. The number of nitrogens with one attached hydrogen (secondary N) is 1. The summed E-state index contributed by atoms with van der Waals surface area (Å²) in [6, 6.07) is 10.2. The number of carbonyl (C=O) groups excluding carboxylic acids is 3. The van der Waals surface area contributed by atoms with Gasteiger partial charge in [0.15, 0.2) is 5.65 Å². The van der Waals surface area contributed by atoms with Crippen LogP contribution in [0, 0.1) is 0 Å². The number of anilines is 1. The number of hydrogen-bond acceptors (Lipinski definition) is 5. The number of nitrogens with zero attached hydrogens (tertiary/aromatic N) is 4. The van der Waals surface area contributed by atoms with Crippen LogP contribution in [-0.4, -0.2) is 37.2 Å². The predicted octanol–water partition coefficient (Wildman–Crippen LogP) is 1.63. The van der Waals surface area contributed by atoms with Gasteiger partial charge in [0.25, 0.3) is 5.91 Å². The van der Waals surface area contributed by atoms with Gasteiger partial charge in [0, 0.05) is 30.7 Å². The number of fused-ring (bicyclic) bond motifs is 1. The number of amides is 3. The van der Waals surface area contributed by atoms with Crippen molar-refractivity contribution in [1.82, 2.24) is 19.5 Å². The number of likely N-dealkylation sites (tertiary alicyclic amines) is 1.